The van der Waals surface area contributed by atoms with Gasteiger partial charge in [0.2, 0.25) is 0 Å². The molecule has 0 saturated carbocycles. The molecule has 3 heteroatoms. The number of nitrogens with zero attached hydrogens (tertiary/aromatic N) is 1. The molecule has 104 valence electrons. The van der Waals surface area contributed by atoms with E-state index < -0.39 is 0 Å². The van der Waals surface area contributed by atoms with Crippen LogP contribution in [0.25, 0.3) is 5.57 Å². The fourth-order valence-electron chi connectivity index (χ4n) is 1.96. The molecule has 0 saturated heterocycles. The Hall–Kier alpha value is -2.03. The summed E-state index contributed by atoms with van der Waals surface area (Å²) in [5.74, 6) is 0. The predicted octanol–water partition coefficient (Wildman–Crippen LogP) is 2.10. The van der Waals surface area contributed by atoms with Crippen LogP contribution in [-0.2, 0) is 0 Å². The van der Waals surface area contributed by atoms with Crippen LogP contribution in [0.3, 0.4) is 0 Å². The van der Waals surface area contributed by atoms with Crippen LogP contribution in [-0.4, -0.2) is 27.7 Å². The Morgan fingerprint density at radius 1 is 1.35 bits per heavy atom. The second kappa shape index (κ2) is 8.21. The maximum atomic E-state index is 4.33. The first-order valence-electron chi connectivity index (χ1n) is 6.92. The molecule has 1 N–H and O–H groups in total. The number of rotatable bonds is 6. The number of hydrogen-bond acceptors (Lipinski definition) is 2. The van der Waals surface area contributed by atoms with Crippen molar-refractivity contribution in [1.29, 1.82) is 0 Å². The van der Waals surface area contributed by atoms with Crippen LogP contribution in [0.2, 0.25) is 0 Å². The van der Waals surface area contributed by atoms with Gasteiger partial charge in [-0.1, -0.05) is 42.4 Å². The molecule has 0 heterocycles. The van der Waals surface area contributed by atoms with Crippen molar-refractivity contribution >= 4 is 25.1 Å². The fourth-order valence-corrected chi connectivity index (χ4v) is 1.96. The highest BCUT2D eigenvalue weighted by Crippen LogP contribution is 2.23. The van der Waals surface area contributed by atoms with Crippen molar-refractivity contribution in [2.24, 2.45) is 4.99 Å². The smallest absolute Gasteiger partial charge is 0.139 e. The van der Waals surface area contributed by atoms with Crippen molar-refractivity contribution in [2.75, 3.05) is 13.6 Å². The Balaban J connectivity index is 3.28. The van der Waals surface area contributed by atoms with Crippen molar-refractivity contribution in [3.05, 3.63) is 59.8 Å². The van der Waals surface area contributed by atoms with E-state index in [9.17, 15) is 0 Å². The molecule has 1 aromatic carbocycles. The Morgan fingerprint density at radius 3 is 2.50 bits per heavy atom. The Kier molecular flexibility index (Phi) is 6.58. The number of aliphatic imine (C=N–C) groups is 1. The molecule has 0 aliphatic carbocycles. The van der Waals surface area contributed by atoms with Crippen molar-refractivity contribution in [3.8, 4) is 0 Å². The lowest BCUT2D eigenvalue weighted by molar-refractivity contribution is 1.09. The van der Waals surface area contributed by atoms with Crippen LogP contribution in [0, 0.1) is 0 Å². The predicted molar refractivity (Wildman–Crippen MR) is 93.6 cm³/mol. The monoisotopic (exact) mass is 266 g/mol. The van der Waals surface area contributed by atoms with Gasteiger partial charge < -0.3 is 5.32 Å². The first kappa shape index (κ1) is 16.0. The molecule has 1 aromatic rings. The highest BCUT2D eigenvalue weighted by Gasteiger charge is 2.06. The van der Waals surface area contributed by atoms with Crippen LogP contribution in [0.15, 0.2) is 59.3 Å². The van der Waals surface area contributed by atoms with Gasteiger partial charge in [-0.2, -0.15) is 0 Å². The highest BCUT2D eigenvalue weighted by molar-refractivity contribution is 6.32. The maximum Gasteiger partial charge on any atom is 0.139 e. The largest absolute Gasteiger partial charge is 0.393 e. The minimum Gasteiger partial charge on any atom is -0.393 e. The molecule has 0 unspecified atom stereocenters. The molecule has 2 nitrogen and oxygen atoms in total. The zero-order chi connectivity index (χ0) is 15.0. The molecule has 0 fully saturated rings. The molecule has 0 bridgehead atoms. The molecule has 0 atom stereocenters. The molecule has 1 rings (SSSR count). The molecule has 0 amide bonds. The molecule has 0 spiro atoms. The summed E-state index contributed by atoms with van der Waals surface area (Å²) in [5, 5.41) is 3.08. The summed E-state index contributed by atoms with van der Waals surface area (Å²) in [5.41, 5.74) is 5.80. The first-order valence-corrected chi connectivity index (χ1v) is 6.92. The maximum absolute atomic E-state index is 4.33. The van der Waals surface area contributed by atoms with Crippen LogP contribution in [0.1, 0.15) is 19.4 Å². The lowest BCUT2D eigenvalue weighted by Crippen LogP contribution is -2.03. The fraction of sp³-hybridized carbons (Fsp3) is 0.235. The third kappa shape index (κ3) is 4.27. The third-order valence-corrected chi connectivity index (χ3v) is 3.12. The van der Waals surface area contributed by atoms with E-state index in [0.717, 1.165) is 23.3 Å². The van der Waals surface area contributed by atoms with Crippen molar-refractivity contribution in [2.45, 2.75) is 13.8 Å². The molecule has 0 aliphatic heterocycles. The van der Waals surface area contributed by atoms with Crippen LogP contribution in [0.4, 0.5) is 0 Å². The van der Waals surface area contributed by atoms with Crippen molar-refractivity contribution in [1.82, 2.24) is 5.32 Å². The first-order chi connectivity index (χ1) is 9.63. The van der Waals surface area contributed by atoms with E-state index in [-0.39, 0.29) is 0 Å². The van der Waals surface area contributed by atoms with Crippen molar-refractivity contribution < 1.29 is 0 Å². The summed E-state index contributed by atoms with van der Waals surface area (Å²) in [6.07, 6.45) is 5.78. The SMILES string of the molecule is Bc1ccc(/C(C=C)=C(C)/C(/C=N\CC)=C\NC)cc1. The van der Waals surface area contributed by atoms with E-state index in [0.29, 0.717) is 0 Å². The van der Waals surface area contributed by atoms with Crippen LogP contribution < -0.4 is 10.8 Å². The number of nitrogens with one attached hydrogen (secondary N) is 1. The second-order valence-corrected chi connectivity index (χ2v) is 4.63. The molecule has 20 heavy (non-hydrogen) atoms. The number of benzene rings is 1. The molecule has 0 radical (unpaired) electrons. The summed E-state index contributed by atoms with van der Waals surface area (Å²) in [6, 6.07) is 8.50. The molecular formula is C17H23BN2. The van der Waals surface area contributed by atoms with Crippen LogP contribution in [0.5, 0.6) is 0 Å². The quantitative estimate of drug-likeness (QED) is 0.476. The number of hydrogen-bond donors (Lipinski definition) is 1. The van der Waals surface area contributed by atoms with Gasteiger partial charge in [-0.25, -0.2) is 0 Å². The highest BCUT2D eigenvalue weighted by atomic mass is 14.8. The molecule has 0 aromatic heterocycles. The van der Waals surface area contributed by atoms with E-state index in [1.807, 2.05) is 32.5 Å². The Labute approximate surface area is 123 Å². The van der Waals surface area contributed by atoms with Gasteiger partial charge in [-0.15, -0.1) is 0 Å². The average molecular weight is 266 g/mol. The lowest BCUT2D eigenvalue weighted by Gasteiger charge is -2.10. The summed E-state index contributed by atoms with van der Waals surface area (Å²) in [6.45, 7) is 8.86. The standard InChI is InChI=1S/C17H23BN2/c1-5-17(14-7-9-16(18)10-8-14)13(3)15(11-19-4)12-20-6-2/h5,7-12,19H,1,6,18H2,2-4H3/b15-11-,17-13+,20-12-. The van der Waals surface area contributed by atoms with Crippen LogP contribution >= 0.6 is 0 Å². The van der Waals surface area contributed by atoms with Gasteiger partial charge in [0.15, 0.2) is 0 Å². The van der Waals surface area contributed by atoms with Gasteiger partial charge in [0.25, 0.3) is 0 Å². The number of allylic oxidation sites excluding steroid dienone is 4. The minimum absolute atomic E-state index is 0.780. The minimum atomic E-state index is 0.780. The third-order valence-electron chi connectivity index (χ3n) is 3.12. The van der Waals surface area contributed by atoms with E-state index >= 15 is 0 Å². The normalized spacial score (nSPS) is 13.2. The lowest BCUT2D eigenvalue weighted by atomic mass is 9.91. The van der Waals surface area contributed by atoms with Gasteiger partial charge >= 0.3 is 0 Å². The Bertz CT molecular complexity index is 537. The van der Waals surface area contributed by atoms with E-state index in [1.54, 1.807) is 0 Å². The Morgan fingerprint density at radius 2 is 2.00 bits per heavy atom. The zero-order valence-electron chi connectivity index (χ0n) is 12.9. The van der Waals surface area contributed by atoms with Crippen molar-refractivity contribution in [3.63, 3.8) is 0 Å². The summed E-state index contributed by atoms with van der Waals surface area (Å²) in [7, 11) is 3.99. The van der Waals surface area contributed by atoms with Gasteiger partial charge in [0, 0.05) is 31.6 Å². The summed E-state index contributed by atoms with van der Waals surface area (Å²) < 4.78 is 0. The van der Waals surface area contributed by atoms with E-state index in [2.05, 4.69) is 55.9 Å². The van der Waals surface area contributed by atoms with E-state index in [4.69, 9.17) is 0 Å². The van der Waals surface area contributed by atoms with Gasteiger partial charge in [0.05, 0.1) is 0 Å². The van der Waals surface area contributed by atoms with Gasteiger partial charge in [-0.3, -0.25) is 4.99 Å². The molecular weight excluding hydrogens is 243 g/mol. The second-order valence-electron chi connectivity index (χ2n) is 4.63. The summed E-state index contributed by atoms with van der Waals surface area (Å²) >= 11 is 0. The topological polar surface area (TPSA) is 24.4 Å². The zero-order valence-corrected chi connectivity index (χ0v) is 12.9. The van der Waals surface area contributed by atoms with E-state index in [1.165, 1.54) is 11.0 Å². The average Bonchev–Trinajstić information content (AvgIpc) is 2.46. The molecule has 0 aliphatic rings. The van der Waals surface area contributed by atoms with Gasteiger partial charge in [-0.05, 0) is 30.6 Å². The van der Waals surface area contributed by atoms with Gasteiger partial charge in [0.1, 0.15) is 7.85 Å². The summed E-state index contributed by atoms with van der Waals surface area (Å²) in [4.78, 5) is 4.33.